The van der Waals surface area contributed by atoms with E-state index < -0.39 is 10.0 Å². The lowest BCUT2D eigenvalue weighted by Gasteiger charge is -2.26. The number of aromatic nitrogens is 2. The highest BCUT2D eigenvalue weighted by atomic mass is 32.2. The molecule has 1 aromatic heterocycles. The molecule has 1 aliphatic heterocycles. The molecule has 0 saturated heterocycles. The largest absolute Gasteiger partial charge is 0.343 e. The topological polar surface area (TPSA) is 86.4 Å². The molecule has 0 atom stereocenters. The maximum absolute atomic E-state index is 12.7. The third-order valence-corrected chi connectivity index (χ3v) is 5.75. The van der Waals surface area contributed by atoms with Crippen LogP contribution in [0.3, 0.4) is 0 Å². The molecule has 0 aliphatic carbocycles. The monoisotopic (exact) mass is 334 g/mol. The lowest BCUT2D eigenvalue weighted by atomic mass is 10.1. The van der Waals surface area contributed by atoms with Crippen LogP contribution in [0.1, 0.15) is 21.7 Å². The van der Waals surface area contributed by atoms with E-state index in [1.54, 1.807) is 44.4 Å². The maximum atomic E-state index is 12.7. The third kappa shape index (κ3) is 2.75. The van der Waals surface area contributed by atoms with Gasteiger partial charge < -0.3 is 4.90 Å². The molecule has 1 N–H and O–H groups in total. The Labute approximate surface area is 135 Å². The molecule has 8 heteroatoms. The molecule has 23 heavy (non-hydrogen) atoms. The van der Waals surface area contributed by atoms with Crippen molar-refractivity contribution in [3.63, 3.8) is 0 Å². The first-order valence-corrected chi connectivity index (χ1v) is 8.68. The summed E-state index contributed by atoms with van der Waals surface area (Å²) >= 11 is 0. The van der Waals surface area contributed by atoms with Crippen molar-refractivity contribution >= 4 is 15.9 Å². The van der Waals surface area contributed by atoms with Crippen molar-refractivity contribution in [3.8, 4) is 0 Å². The lowest BCUT2D eigenvalue weighted by molar-refractivity contribution is 0.0820. The van der Waals surface area contributed by atoms with Crippen LogP contribution in [0.5, 0.6) is 0 Å². The van der Waals surface area contributed by atoms with Gasteiger partial charge in [-0.15, -0.1) is 0 Å². The van der Waals surface area contributed by atoms with Crippen LogP contribution in [0.2, 0.25) is 0 Å². The van der Waals surface area contributed by atoms with Gasteiger partial charge in [0, 0.05) is 44.9 Å². The van der Waals surface area contributed by atoms with Gasteiger partial charge in [-0.25, -0.2) is 8.42 Å². The van der Waals surface area contributed by atoms with Gasteiger partial charge in [0.05, 0.1) is 4.90 Å². The fraction of sp³-hybridized carbons (Fsp3) is 0.333. The number of hydrogen-bond donors (Lipinski definition) is 1. The Morgan fingerprint density at radius 1 is 1.26 bits per heavy atom. The Morgan fingerprint density at radius 3 is 2.61 bits per heavy atom. The van der Waals surface area contributed by atoms with E-state index in [1.807, 2.05) is 0 Å². The standard InChI is InChI=1S/C15H18N4O3S/c1-18(2)15(20)14-12-10-19(9-8-13(12)16-17-14)23(21,22)11-6-4-3-5-7-11/h3-7H,8-10H2,1-2H3,(H,16,17). The number of rotatable bonds is 3. The zero-order valence-electron chi connectivity index (χ0n) is 13.0. The van der Waals surface area contributed by atoms with Crippen LogP contribution >= 0.6 is 0 Å². The average Bonchev–Trinajstić information content (AvgIpc) is 2.97. The van der Waals surface area contributed by atoms with E-state index in [0.29, 0.717) is 18.5 Å². The number of nitrogens with one attached hydrogen (secondary N) is 1. The Hall–Kier alpha value is -2.19. The molecule has 1 aromatic carbocycles. The van der Waals surface area contributed by atoms with Gasteiger partial charge in [-0.2, -0.15) is 9.40 Å². The van der Waals surface area contributed by atoms with Crippen molar-refractivity contribution in [3.05, 3.63) is 47.3 Å². The zero-order chi connectivity index (χ0) is 16.6. The summed E-state index contributed by atoms with van der Waals surface area (Å²) in [4.78, 5) is 13.9. The van der Waals surface area contributed by atoms with E-state index in [1.165, 1.54) is 9.21 Å². The normalized spacial score (nSPS) is 15.2. The van der Waals surface area contributed by atoms with Gasteiger partial charge in [0.1, 0.15) is 0 Å². The summed E-state index contributed by atoms with van der Waals surface area (Å²) in [6.45, 7) is 0.514. The molecule has 1 amide bonds. The first kappa shape index (κ1) is 15.7. The smallest absolute Gasteiger partial charge is 0.274 e. The van der Waals surface area contributed by atoms with Gasteiger partial charge in [-0.1, -0.05) is 18.2 Å². The molecule has 2 aromatic rings. The minimum atomic E-state index is -3.58. The average molecular weight is 334 g/mol. The second-order valence-corrected chi connectivity index (χ2v) is 7.57. The number of nitrogens with zero attached hydrogens (tertiary/aromatic N) is 3. The highest BCUT2D eigenvalue weighted by Gasteiger charge is 2.32. The highest BCUT2D eigenvalue weighted by Crippen LogP contribution is 2.26. The fourth-order valence-electron chi connectivity index (χ4n) is 2.61. The van der Waals surface area contributed by atoms with Crippen LogP contribution in [0.25, 0.3) is 0 Å². The Bertz CT molecular complexity index is 828. The summed E-state index contributed by atoms with van der Waals surface area (Å²) in [6, 6.07) is 8.32. The van der Waals surface area contributed by atoms with E-state index in [9.17, 15) is 13.2 Å². The second-order valence-electron chi connectivity index (χ2n) is 5.63. The summed E-state index contributed by atoms with van der Waals surface area (Å²) in [5.74, 6) is -0.235. The lowest BCUT2D eigenvalue weighted by Crippen LogP contribution is -2.36. The second kappa shape index (κ2) is 5.78. The molecular weight excluding hydrogens is 316 g/mol. The molecule has 122 valence electrons. The summed E-state index contributed by atoms with van der Waals surface area (Å²) in [7, 11) is -0.291. The number of hydrogen-bond acceptors (Lipinski definition) is 4. The molecule has 7 nitrogen and oxygen atoms in total. The first-order chi connectivity index (χ1) is 10.9. The number of aromatic amines is 1. The van der Waals surface area contributed by atoms with Gasteiger partial charge in [0.15, 0.2) is 5.69 Å². The number of fused-ring (bicyclic) bond motifs is 1. The Kier molecular flexibility index (Phi) is 3.95. The molecule has 0 bridgehead atoms. The zero-order valence-corrected chi connectivity index (χ0v) is 13.8. The minimum absolute atomic E-state index is 0.151. The predicted octanol–water partition coefficient (Wildman–Crippen LogP) is 0.858. The van der Waals surface area contributed by atoms with Gasteiger partial charge in [0.2, 0.25) is 10.0 Å². The quantitative estimate of drug-likeness (QED) is 0.902. The van der Waals surface area contributed by atoms with Gasteiger partial charge in [-0.05, 0) is 12.1 Å². The predicted molar refractivity (Wildman–Crippen MR) is 84.3 cm³/mol. The molecule has 0 fully saturated rings. The summed E-state index contributed by atoms with van der Waals surface area (Å²) < 4.78 is 26.9. The van der Waals surface area contributed by atoms with Crippen molar-refractivity contribution in [1.29, 1.82) is 0 Å². The highest BCUT2D eigenvalue weighted by molar-refractivity contribution is 7.89. The molecule has 3 rings (SSSR count). The summed E-state index contributed by atoms with van der Waals surface area (Å²) in [5, 5.41) is 6.93. The van der Waals surface area contributed by atoms with Crippen molar-refractivity contribution in [1.82, 2.24) is 19.4 Å². The van der Waals surface area contributed by atoms with Crippen molar-refractivity contribution in [2.75, 3.05) is 20.6 Å². The molecule has 0 saturated carbocycles. The molecule has 2 heterocycles. The number of carbonyl (C=O) groups is 1. The van der Waals surface area contributed by atoms with E-state index in [0.717, 1.165) is 5.69 Å². The van der Waals surface area contributed by atoms with E-state index >= 15 is 0 Å². The van der Waals surface area contributed by atoms with Crippen LogP contribution in [-0.4, -0.2) is 54.4 Å². The maximum Gasteiger partial charge on any atom is 0.274 e. The summed E-state index contributed by atoms with van der Waals surface area (Å²) in [6.07, 6.45) is 0.509. The molecule has 0 spiro atoms. The van der Waals surface area contributed by atoms with Crippen molar-refractivity contribution < 1.29 is 13.2 Å². The SMILES string of the molecule is CN(C)C(=O)c1n[nH]c2c1CN(S(=O)(=O)c1ccccc1)CC2. The van der Waals surface area contributed by atoms with Crippen LogP contribution < -0.4 is 0 Å². The Morgan fingerprint density at radius 2 is 1.96 bits per heavy atom. The van der Waals surface area contributed by atoms with Crippen molar-refractivity contribution in [2.24, 2.45) is 0 Å². The number of carbonyl (C=O) groups excluding carboxylic acids is 1. The van der Waals surface area contributed by atoms with E-state index in [-0.39, 0.29) is 23.0 Å². The molecule has 0 unspecified atom stereocenters. The number of sulfonamides is 1. The number of amides is 1. The Balaban J connectivity index is 1.94. The minimum Gasteiger partial charge on any atom is -0.343 e. The van der Waals surface area contributed by atoms with Crippen LogP contribution in [0.15, 0.2) is 35.2 Å². The summed E-state index contributed by atoms with van der Waals surface area (Å²) in [5.41, 5.74) is 1.78. The van der Waals surface area contributed by atoms with Gasteiger partial charge in [0.25, 0.3) is 5.91 Å². The fourth-order valence-corrected chi connectivity index (χ4v) is 4.04. The first-order valence-electron chi connectivity index (χ1n) is 7.24. The van der Waals surface area contributed by atoms with Crippen molar-refractivity contribution in [2.45, 2.75) is 17.9 Å². The molecule has 1 aliphatic rings. The van der Waals surface area contributed by atoms with E-state index in [2.05, 4.69) is 10.2 Å². The van der Waals surface area contributed by atoms with Crippen LogP contribution in [0, 0.1) is 0 Å². The number of H-pyrrole nitrogens is 1. The van der Waals surface area contributed by atoms with Gasteiger partial charge in [-0.3, -0.25) is 9.89 Å². The number of benzene rings is 1. The van der Waals surface area contributed by atoms with Gasteiger partial charge >= 0.3 is 0 Å². The van der Waals surface area contributed by atoms with Crippen LogP contribution in [0.4, 0.5) is 0 Å². The van der Waals surface area contributed by atoms with Crippen LogP contribution in [-0.2, 0) is 23.0 Å². The molecular formula is C15H18N4O3S. The van der Waals surface area contributed by atoms with E-state index in [4.69, 9.17) is 0 Å². The molecule has 0 radical (unpaired) electrons. The third-order valence-electron chi connectivity index (χ3n) is 3.89.